The highest BCUT2D eigenvalue weighted by atomic mass is 16.7. The number of fused-ring (bicyclic) bond motifs is 1. The Labute approximate surface area is 175 Å². The SMILES string of the molecule is C=C1C(=O)O[C@@H]2CC(C)=C([C@H](C)CCCO[C@@H]3O[C@H](CO)[C@@H](O)[C@H](O)[C@H]3O)[C@H](O)[C@@H]12. The molecule has 30 heavy (non-hydrogen) atoms. The lowest BCUT2D eigenvalue weighted by atomic mass is 9.73. The second-order valence-electron chi connectivity index (χ2n) is 8.49. The summed E-state index contributed by atoms with van der Waals surface area (Å²) in [7, 11) is 0. The maximum Gasteiger partial charge on any atom is 0.334 e. The fraction of sp³-hybridized carbons (Fsp3) is 0.762. The maximum atomic E-state index is 11.8. The summed E-state index contributed by atoms with van der Waals surface area (Å²) in [4.78, 5) is 11.8. The van der Waals surface area contributed by atoms with Crippen molar-refractivity contribution in [3.8, 4) is 0 Å². The van der Waals surface area contributed by atoms with Gasteiger partial charge in [-0.05, 0) is 31.3 Å². The second-order valence-corrected chi connectivity index (χ2v) is 8.49. The molecule has 0 aromatic heterocycles. The predicted octanol–water partition coefficient (Wildman–Crippen LogP) is -0.602. The summed E-state index contributed by atoms with van der Waals surface area (Å²) in [5, 5.41) is 49.7. The van der Waals surface area contributed by atoms with Crippen LogP contribution in [0.4, 0.5) is 0 Å². The number of rotatable bonds is 7. The standard InChI is InChI=1S/C21H32O9/c1-9(14-10(2)7-12-15(17(14)24)11(3)20(27)29-12)5-4-6-28-21-19(26)18(25)16(23)13(8-22)30-21/h9,12-13,15-19,21-26H,3-8H2,1-2H3/t9-,12-,13-,15+,16-,17+,18+,19-,21-/m1/s1. The zero-order valence-corrected chi connectivity index (χ0v) is 17.3. The zero-order valence-electron chi connectivity index (χ0n) is 17.3. The monoisotopic (exact) mass is 428 g/mol. The lowest BCUT2D eigenvalue weighted by Crippen LogP contribution is -2.59. The minimum absolute atomic E-state index is 0.0304. The molecular weight excluding hydrogens is 396 g/mol. The smallest absolute Gasteiger partial charge is 0.334 e. The largest absolute Gasteiger partial charge is 0.458 e. The molecule has 9 nitrogen and oxygen atoms in total. The van der Waals surface area contributed by atoms with E-state index in [9.17, 15) is 30.3 Å². The number of esters is 1. The van der Waals surface area contributed by atoms with E-state index >= 15 is 0 Å². The van der Waals surface area contributed by atoms with Gasteiger partial charge in [0.2, 0.25) is 0 Å². The van der Waals surface area contributed by atoms with Crippen LogP contribution in [0.2, 0.25) is 0 Å². The Balaban J connectivity index is 1.52. The highest BCUT2D eigenvalue weighted by Crippen LogP contribution is 2.43. The third kappa shape index (κ3) is 4.34. The molecule has 2 fully saturated rings. The summed E-state index contributed by atoms with van der Waals surface area (Å²) < 4.78 is 16.2. The van der Waals surface area contributed by atoms with Crippen LogP contribution in [0.25, 0.3) is 0 Å². The Morgan fingerprint density at radius 2 is 1.90 bits per heavy atom. The van der Waals surface area contributed by atoms with Crippen molar-refractivity contribution in [1.82, 2.24) is 0 Å². The number of aliphatic hydroxyl groups excluding tert-OH is 5. The van der Waals surface area contributed by atoms with Gasteiger partial charge in [-0.3, -0.25) is 0 Å². The van der Waals surface area contributed by atoms with E-state index in [1.807, 2.05) is 13.8 Å². The van der Waals surface area contributed by atoms with Gasteiger partial charge < -0.3 is 39.7 Å². The molecule has 170 valence electrons. The Morgan fingerprint density at radius 1 is 1.20 bits per heavy atom. The minimum Gasteiger partial charge on any atom is -0.458 e. The van der Waals surface area contributed by atoms with Crippen LogP contribution in [0.3, 0.4) is 0 Å². The number of ether oxygens (including phenoxy) is 3. The lowest BCUT2D eigenvalue weighted by molar-refractivity contribution is -0.301. The fourth-order valence-electron chi connectivity index (χ4n) is 4.74. The van der Waals surface area contributed by atoms with E-state index in [2.05, 4.69) is 6.58 Å². The summed E-state index contributed by atoms with van der Waals surface area (Å²) in [5.41, 5.74) is 2.22. The molecule has 0 bridgehead atoms. The molecule has 9 heteroatoms. The van der Waals surface area contributed by atoms with Gasteiger partial charge in [0.1, 0.15) is 30.5 Å². The molecule has 0 saturated carbocycles. The molecule has 3 aliphatic rings. The molecule has 0 spiro atoms. The number of aliphatic hydroxyl groups is 5. The van der Waals surface area contributed by atoms with Crippen LogP contribution in [0, 0.1) is 11.8 Å². The molecule has 2 saturated heterocycles. The van der Waals surface area contributed by atoms with Crippen molar-refractivity contribution >= 4 is 5.97 Å². The van der Waals surface area contributed by atoms with Gasteiger partial charge in [-0.15, -0.1) is 0 Å². The van der Waals surface area contributed by atoms with Gasteiger partial charge in [0, 0.05) is 18.6 Å². The van der Waals surface area contributed by atoms with Crippen molar-refractivity contribution in [2.75, 3.05) is 13.2 Å². The Bertz CT molecular complexity index is 688. The van der Waals surface area contributed by atoms with Crippen molar-refractivity contribution in [1.29, 1.82) is 0 Å². The normalized spacial score (nSPS) is 40.4. The number of carbonyl (C=O) groups is 1. The van der Waals surface area contributed by atoms with E-state index in [-0.39, 0.29) is 18.6 Å². The van der Waals surface area contributed by atoms with Crippen LogP contribution in [-0.2, 0) is 19.0 Å². The van der Waals surface area contributed by atoms with Crippen molar-refractivity contribution < 1.29 is 44.5 Å². The predicted molar refractivity (Wildman–Crippen MR) is 104 cm³/mol. The van der Waals surface area contributed by atoms with Crippen molar-refractivity contribution in [2.24, 2.45) is 11.8 Å². The molecule has 0 aromatic carbocycles. The average molecular weight is 428 g/mol. The third-order valence-corrected chi connectivity index (χ3v) is 6.43. The molecular formula is C21H32O9. The molecule has 2 heterocycles. The summed E-state index contributed by atoms with van der Waals surface area (Å²) in [6.07, 6.45) is -5.79. The first-order valence-corrected chi connectivity index (χ1v) is 10.4. The molecule has 1 aliphatic carbocycles. The maximum absolute atomic E-state index is 11.8. The van der Waals surface area contributed by atoms with Gasteiger partial charge in [-0.1, -0.05) is 19.1 Å². The number of carbonyl (C=O) groups excluding carboxylic acids is 1. The number of hydrogen-bond donors (Lipinski definition) is 5. The Hall–Kier alpha value is -1.33. The van der Waals surface area contributed by atoms with Crippen LogP contribution in [0.15, 0.2) is 23.3 Å². The van der Waals surface area contributed by atoms with E-state index in [1.54, 1.807) is 0 Å². The highest BCUT2D eigenvalue weighted by Gasteiger charge is 2.48. The fourth-order valence-corrected chi connectivity index (χ4v) is 4.74. The van der Waals surface area contributed by atoms with Crippen LogP contribution in [0.5, 0.6) is 0 Å². The Morgan fingerprint density at radius 3 is 2.57 bits per heavy atom. The van der Waals surface area contributed by atoms with Gasteiger partial charge in [-0.2, -0.15) is 0 Å². The van der Waals surface area contributed by atoms with E-state index in [4.69, 9.17) is 14.2 Å². The van der Waals surface area contributed by atoms with Gasteiger partial charge in [0.05, 0.1) is 18.6 Å². The van der Waals surface area contributed by atoms with Crippen molar-refractivity contribution in [2.45, 2.75) is 76.0 Å². The first kappa shape index (κ1) is 23.3. The zero-order chi connectivity index (χ0) is 22.2. The molecule has 9 atom stereocenters. The van der Waals surface area contributed by atoms with Crippen molar-refractivity contribution in [3.63, 3.8) is 0 Å². The van der Waals surface area contributed by atoms with Gasteiger partial charge in [0.25, 0.3) is 0 Å². The van der Waals surface area contributed by atoms with E-state index in [1.165, 1.54) is 0 Å². The molecule has 0 unspecified atom stereocenters. The van der Waals surface area contributed by atoms with Crippen LogP contribution in [-0.4, -0.2) is 87.6 Å². The number of hydrogen-bond acceptors (Lipinski definition) is 9. The summed E-state index contributed by atoms with van der Waals surface area (Å²) in [6.45, 7) is 7.42. The van der Waals surface area contributed by atoms with Gasteiger partial charge >= 0.3 is 5.97 Å². The van der Waals surface area contributed by atoms with Crippen LogP contribution in [0.1, 0.15) is 33.1 Å². The first-order valence-electron chi connectivity index (χ1n) is 10.4. The van der Waals surface area contributed by atoms with Crippen LogP contribution >= 0.6 is 0 Å². The van der Waals surface area contributed by atoms with Gasteiger partial charge in [0.15, 0.2) is 6.29 Å². The third-order valence-electron chi connectivity index (χ3n) is 6.43. The highest BCUT2D eigenvalue weighted by molar-refractivity contribution is 5.91. The van der Waals surface area contributed by atoms with Crippen molar-refractivity contribution in [3.05, 3.63) is 23.3 Å². The van der Waals surface area contributed by atoms with Crippen LogP contribution < -0.4 is 0 Å². The lowest BCUT2D eigenvalue weighted by Gasteiger charge is -2.39. The molecule has 3 rings (SSSR count). The second kappa shape index (κ2) is 9.44. The first-order chi connectivity index (χ1) is 14.2. The Kier molecular flexibility index (Phi) is 7.34. The van der Waals surface area contributed by atoms with E-state index in [0.29, 0.717) is 24.8 Å². The minimum atomic E-state index is -1.47. The quantitative estimate of drug-likeness (QED) is 0.155. The summed E-state index contributed by atoms with van der Waals surface area (Å²) >= 11 is 0. The molecule has 0 amide bonds. The topological polar surface area (TPSA) is 146 Å². The van der Waals surface area contributed by atoms with E-state index < -0.39 is 55.3 Å². The van der Waals surface area contributed by atoms with E-state index in [0.717, 1.165) is 11.1 Å². The molecule has 0 aromatic rings. The summed E-state index contributed by atoms with van der Waals surface area (Å²) in [5.74, 6) is -0.828. The average Bonchev–Trinajstić information content (AvgIpc) is 2.98. The molecule has 0 radical (unpaired) electrons. The van der Waals surface area contributed by atoms with Gasteiger partial charge in [-0.25, -0.2) is 4.79 Å². The summed E-state index contributed by atoms with van der Waals surface area (Å²) in [6, 6.07) is 0. The molecule has 2 aliphatic heterocycles. The molecule has 5 N–H and O–H groups in total.